The van der Waals surface area contributed by atoms with Crippen LogP contribution in [0.5, 0.6) is 0 Å². The molecule has 0 saturated heterocycles. The van der Waals surface area contributed by atoms with E-state index in [1.54, 1.807) is 0 Å². The molecule has 32 heavy (non-hydrogen) atoms. The van der Waals surface area contributed by atoms with E-state index >= 15 is 0 Å². The van der Waals surface area contributed by atoms with Crippen LogP contribution in [0.25, 0.3) is 0 Å². The summed E-state index contributed by atoms with van der Waals surface area (Å²) >= 11 is 0. The molecule has 0 saturated carbocycles. The molecule has 0 bridgehead atoms. The number of hydrogen-bond donors (Lipinski definition) is 0. The van der Waals surface area contributed by atoms with E-state index < -0.39 is 0 Å². The second kappa shape index (κ2) is 10.8. The molecule has 0 heterocycles. The summed E-state index contributed by atoms with van der Waals surface area (Å²) in [4.78, 5) is 13.4. The number of unbranched alkanes of at least 4 members (excludes halogenated alkanes) is 1. The highest BCUT2D eigenvalue weighted by molar-refractivity contribution is 5.81. The van der Waals surface area contributed by atoms with Crippen molar-refractivity contribution in [3.63, 3.8) is 0 Å². The van der Waals surface area contributed by atoms with Crippen molar-refractivity contribution in [3.8, 4) is 0 Å². The Morgan fingerprint density at radius 2 is 1.31 bits per heavy atom. The Kier molecular flexibility index (Phi) is 7.88. The van der Waals surface area contributed by atoms with Crippen LogP contribution in [0.4, 0.5) is 17.1 Å². The number of hydrogen-bond acceptors (Lipinski definition) is 3. The smallest absolute Gasteiger partial charge is 0.330 e. The quantitative estimate of drug-likeness (QED) is 0.202. The first-order valence-electron chi connectivity index (χ1n) is 11.2. The molecule has 0 amide bonds. The summed E-state index contributed by atoms with van der Waals surface area (Å²) in [6.07, 6.45) is 3.98. The largest absolute Gasteiger partial charge is 0.463 e. The Balaban J connectivity index is 1.80. The molecule has 3 aromatic rings. The number of rotatable bonds is 9. The van der Waals surface area contributed by atoms with E-state index in [4.69, 9.17) is 4.74 Å². The highest BCUT2D eigenvalue weighted by atomic mass is 16.5. The predicted molar refractivity (Wildman–Crippen MR) is 134 cm³/mol. The first-order chi connectivity index (χ1) is 15.4. The van der Waals surface area contributed by atoms with Gasteiger partial charge in [0.05, 0.1) is 6.61 Å². The van der Waals surface area contributed by atoms with E-state index in [2.05, 4.69) is 99.8 Å². The van der Waals surface area contributed by atoms with Crippen LogP contribution in [0.15, 0.2) is 73.3 Å². The van der Waals surface area contributed by atoms with Gasteiger partial charge in [-0.3, -0.25) is 0 Å². The van der Waals surface area contributed by atoms with Crippen LogP contribution >= 0.6 is 0 Å². The third kappa shape index (κ3) is 5.88. The third-order valence-electron chi connectivity index (χ3n) is 5.96. The van der Waals surface area contributed by atoms with Crippen LogP contribution in [0.3, 0.4) is 0 Å². The molecule has 0 radical (unpaired) electrons. The summed E-state index contributed by atoms with van der Waals surface area (Å²) in [6.45, 7) is 12.5. The Hall–Kier alpha value is -3.33. The van der Waals surface area contributed by atoms with Gasteiger partial charge in [0.2, 0.25) is 0 Å². The van der Waals surface area contributed by atoms with E-state index in [9.17, 15) is 4.79 Å². The van der Waals surface area contributed by atoms with E-state index in [0.29, 0.717) is 6.61 Å². The fraction of sp³-hybridized carbons (Fsp3) is 0.276. The molecular formula is C29H33NO2. The molecular weight excluding hydrogens is 394 g/mol. The SMILES string of the molecule is C=CC(=O)OCCCCc1ccc(N(c2ccc(C)c(C)c2)c2ccc(C)c(C)c2)cc1. The predicted octanol–water partition coefficient (Wildman–Crippen LogP) is 7.44. The van der Waals surface area contributed by atoms with Crippen molar-refractivity contribution in [3.05, 3.63) is 101 Å². The Morgan fingerprint density at radius 3 is 1.81 bits per heavy atom. The average Bonchev–Trinajstić information content (AvgIpc) is 2.79. The second-order valence-corrected chi connectivity index (χ2v) is 8.37. The lowest BCUT2D eigenvalue weighted by Gasteiger charge is -2.27. The molecule has 0 aromatic heterocycles. The zero-order valence-electron chi connectivity index (χ0n) is 19.7. The van der Waals surface area contributed by atoms with Gasteiger partial charge in [-0.15, -0.1) is 0 Å². The van der Waals surface area contributed by atoms with Crippen molar-refractivity contribution in [2.75, 3.05) is 11.5 Å². The van der Waals surface area contributed by atoms with Crippen LogP contribution in [0.1, 0.15) is 40.7 Å². The minimum absolute atomic E-state index is 0.355. The average molecular weight is 428 g/mol. The minimum Gasteiger partial charge on any atom is -0.463 e. The standard InChI is InChI=1S/C29H33NO2/c1-6-29(31)32-18-8-7-9-25-12-16-26(17-13-25)30(27-14-10-21(2)23(4)19-27)28-15-11-22(3)24(5)20-28/h6,10-17,19-20H,1,7-9,18H2,2-5H3. The molecule has 0 fully saturated rings. The zero-order chi connectivity index (χ0) is 23.1. The van der Waals surface area contributed by atoms with Crippen LogP contribution in [0.2, 0.25) is 0 Å². The lowest BCUT2D eigenvalue weighted by molar-refractivity contribution is -0.137. The molecule has 0 unspecified atom stereocenters. The minimum atomic E-state index is -0.355. The van der Waals surface area contributed by atoms with Crippen LogP contribution < -0.4 is 4.90 Å². The first kappa shape index (κ1) is 23.3. The summed E-state index contributed by atoms with van der Waals surface area (Å²) in [5.74, 6) is -0.355. The summed E-state index contributed by atoms with van der Waals surface area (Å²) in [7, 11) is 0. The van der Waals surface area contributed by atoms with Crippen molar-refractivity contribution in [1.29, 1.82) is 0 Å². The highest BCUT2D eigenvalue weighted by Gasteiger charge is 2.14. The Bertz CT molecular complexity index is 1030. The van der Waals surface area contributed by atoms with Crippen molar-refractivity contribution < 1.29 is 9.53 Å². The number of esters is 1. The van der Waals surface area contributed by atoms with Gasteiger partial charge in [-0.2, -0.15) is 0 Å². The van der Waals surface area contributed by atoms with E-state index in [1.165, 1.54) is 33.9 Å². The number of ether oxygens (including phenoxy) is 1. The van der Waals surface area contributed by atoms with Crippen LogP contribution in [0, 0.1) is 27.7 Å². The number of nitrogens with zero attached hydrogens (tertiary/aromatic N) is 1. The third-order valence-corrected chi connectivity index (χ3v) is 5.96. The van der Waals surface area contributed by atoms with Crippen molar-refractivity contribution in [2.45, 2.75) is 47.0 Å². The number of carbonyl (C=O) groups excluding carboxylic acids is 1. The zero-order valence-corrected chi connectivity index (χ0v) is 19.7. The molecule has 0 aliphatic heterocycles. The van der Waals surface area contributed by atoms with Gasteiger partial charge in [0.1, 0.15) is 0 Å². The summed E-state index contributed by atoms with van der Waals surface area (Å²) in [5, 5.41) is 0. The number of benzene rings is 3. The topological polar surface area (TPSA) is 29.5 Å². The van der Waals surface area contributed by atoms with Crippen LogP contribution in [-0.4, -0.2) is 12.6 Å². The lowest BCUT2D eigenvalue weighted by atomic mass is 10.0. The maximum atomic E-state index is 11.1. The van der Waals surface area contributed by atoms with Gasteiger partial charge in [0.15, 0.2) is 0 Å². The monoisotopic (exact) mass is 427 g/mol. The molecule has 0 spiro atoms. The van der Waals surface area contributed by atoms with E-state index in [0.717, 1.165) is 36.3 Å². The molecule has 166 valence electrons. The van der Waals surface area contributed by atoms with E-state index in [-0.39, 0.29) is 5.97 Å². The van der Waals surface area contributed by atoms with Gasteiger partial charge in [-0.05, 0) is 111 Å². The second-order valence-electron chi connectivity index (χ2n) is 8.37. The van der Waals surface area contributed by atoms with Crippen molar-refractivity contribution in [1.82, 2.24) is 0 Å². The molecule has 0 atom stereocenters. The van der Waals surface area contributed by atoms with Gasteiger partial charge in [-0.25, -0.2) is 4.79 Å². The van der Waals surface area contributed by atoms with Gasteiger partial charge in [0.25, 0.3) is 0 Å². The normalized spacial score (nSPS) is 10.6. The fourth-order valence-electron chi connectivity index (χ4n) is 3.65. The number of carbonyl (C=O) groups is 1. The van der Waals surface area contributed by atoms with Crippen molar-refractivity contribution >= 4 is 23.0 Å². The fourth-order valence-corrected chi connectivity index (χ4v) is 3.65. The van der Waals surface area contributed by atoms with Gasteiger partial charge in [0, 0.05) is 23.1 Å². The lowest BCUT2D eigenvalue weighted by Crippen LogP contribution is -2.11. The molecule has 0 aliphatic carbocycles. The first-order valence-corrected chi connectivity index (χ1v) is 11.2. The maximum Gasteiger partial charge on any atom is 0.330 e. The van der Waals surface area contributed by atoms with Gasteiger partial charge < -0.3 is 9.64 Å². The van der Waals surface area contributed by atoms with Gasteiger partial charge >= 0.3 is 5.97 Å². The van der Waals surface area contributed by atoms with Crippen LogP contribution in [-0.2, 0) is 16.0 Å². The number of anilines is 3. The number of aryl methyl sites for hydroxylation is 5. The molecule has 3 nitrogen and oxygen atoms in total. The summed E-state index contributed by atoms with van der Waals surface area (Å²) in [5.41, 5.74) is 9.89. The molecule has 3 aromatic carbocycles. The Morgan fingerprint density at radius 1 is 0.781 bits per heavy atom. The van der Waals surface area contributed by atoms with Crippen molar-refractivity contribution in [2.24, 2.45) is 0 Å². The maximum absolute atomic E-state index is 11.1. The Labute approximate surface area is 192 Å². The molecule has 0 N–H and O–H groups in total. The summed E-state index contributed by atoms with van der Waals surface area (Å²) < 4.78 is 5.05. The molecule has 3 heteroatoms. The molecule has 0 aliphatic rings. The molecule has 3 rings (SSSR count). The van der Waals surface area contributed by atoms with Gasteiger partial charge in [-0.1, -0.05) is 30.8 Å². The highest BCUT2D eigenvalue weighted by Crippen LogP contribution is 2.36. The summed E-state index contributed by atoms with van der Waals surface area (Å²) in [6, 6.07) is 22.0. The van der Waals surface area contributed by atoms with E-state index in [1.807, 2.05) is 0 Å².